The van der Waals surface area contributed by atoms with E-state index in [9.17, 15) is 14.4 Å². The molecule has 7 heteroatoms. The smallest absolute Gasteiger partial charge is 0.328 e. The van der Waals surface area contributed by atoms with Gasteiger partial charge in [0.25, 0.3) is 0 Å². The minimum absolute atomic E-state index is 0.431. The molecule has 0 aliphatic rings. The molecule has 0 saturated carbocycles. The second kappa shape index (κ2) is 5.84. The van der Waals surface area contributed by atoms with Crippen LogP contribution in [0.3, 0.4) is 0 Å². The molecule has 0 bridgehead atoms. The van der Waals surface area contributed by atoms with Crippen molar-refractivity contribution in [1.82, 2.24) is 10.2 Å². The molecule has 0 fully saturated rings. The van der Waals surface area contributed by atoms with Gasteiger partial charge in [-0.2, -0.15) is 0 Å². The number of carboxylic acids is 1. The monoisotopic (exact) mass is 218 g/mol. The first kappa shape index (κ1) is 13.2. The maximum Gasteiger partial charge on any atom is 0.328 e. The minimum Gasteiger partial charge on any atom is -0.480 e. The van der Waals surface area contributed by atoms with E-state index in [-0.39, 0.29) is 0 Å². The molecule has 0 aliphatic heterocycles. The highest BCUT2D eigenvalue weighted by Crippen LogP contribution is 1.90. The Morgan fingerprint density at radius 2 is 2.00 bits per heavy atom. The summed E-state index contributed by atoms with van der Waals surface area (Å²) in [5, 5.41) is 10.7. The van der Waals surface area contributed by atoms with Crippen LogP contribution in [0.4, 0.5) is 4.79 Å². The molecule has 0 spiro atoms. The van der Waals surface area contributed by atoms with Crippen LogP contribution >= 0.6 is 0 Å². The number of nitrogens with one attached hydrogen (secondary N) is 1. The van der Waals surface area contributed by atoms with E-state index in [1.54, 1.807) is 0 Å². The molecule has 0 radical (unpaired) electrons. The first-order chi connectivity index (χ1) is 6.88. The Hall–Kier alpha value is -1.79. The van der Waals surface area contributed by atoms with E-state index in [0.29, 0.717) is 0 Å². The second-order valence-electron chi connectivity index (χ2n) is 2.94. The van der Waals surface area contributed by atoms with Crippen molar-refractivity contribution in [2.75, 3.05) is 20.7 Å². The fraction of sp³-hybridized carbons (Fsp3) is 0.625. The first-order valence-electron chi connectivity index (χ1n) is 4.19. The van der Waals surface area contributed by atoms with E-state index in [4.69, 9.17) is 5.11 Å². The number of esters is 1. The van der Waals surface area contributed by atoms with Crippen LogP contribution in [-0.4, -0.2) is 54.7 Å². The number of amides is 2. The maximum atomic E-state index is 11.3. The third-order valence-corrected chi connectivity index (χ3v) is 1.61. The number of carboxylic acid groups (broad SMARTS) is 1. The van der Waals surface area contributed by atoms with Gasteiger partial charge in [0.05, 0.1) is 7.11 Å². The number of hydrogen-bond acceptors (Lipinski definition) is 4. The molecular weight excluding hydrogens is 204 g/mol. The molecule has 15 heavy (non-hydrogen) atoms. The van der Waals surface area contributed by atoms with E-state index in [1.807, 2.05) is 0 Å². The van der Waals surface area contributed by atoms with Crippen molar-refractivity contribution in [3.05, 3.63) is 0 Å². The molecule has 0 rings (SSSR count). The van der Waals surface area contributed by atoms with Gasteiger partial charge in [0.15, 0.2) is 0 Å². The van der Waals surface area contributed by atoms with Gasteiger partial charge in [-0.3, -0.25) is 4.79 Å². The van der Waals surface area contributed by atoms with Gasteiger partial charge in [-0.05, 0) is 6.92 Å². The zero-order valence-corrected chi connectivity index (χ0v) is 8.81. The number of nitrogens with zero attached hydrogens (tertiary/aromatic N) is 1. The number of urea groups is 1. The Bertz CT molecular complexity index is 266. The summed E-state index contributed by atoms with van der Waals surface area (Å²) >= 11 is 0. The fourth-order valence-corrected chi connectivity index (χ4v) is 0.806. The molecule has 1 atom stereocenters. The van der Waals surface area contributed by atoms with Crippen LogP contribution in [-0.2, 0) is 14.3 Å². The SMILES string of the molecule is COC(=O)C(C)NC(=O)N(C)CC(=O)O. The zero-order chi connectivity index (χ0) is 12.0. The van der Waals surface area contributed by atoms with Crippen LogP contribution in [0.15, 0.2) is 0 Å². The molecule has 7 nitrogen and oxygen atoms in total. The Morgan fingerprint density at radius 3 is 2.40 bits per heavy atom. The lowest BCUT2D eigenvalue weighted by Gasteiger charge is -2.18. The van der Waals surface area contributed by atoms with E-state index in [1.165, 1.54) is 21.1 Å². The van der Waals surface area contributed by atoms with Crippen molar-refractivity contribution in [2.24, 2.45) is 0 Å². The number of methoxy groups -OCH3 is 1. The molecule has 0 aromatic heterocycles. The molecule has 2 amide bonds. The summed E-state index contributed by atoms with van der Waals surface area (Å²) in [5.74, 6) is -1.72. The molecule has 0 aromatic carbocycles. The van der Waals surface area contributed by atoms with E-state index in [0.717, 1.165) is 4.90 Å². The molecule has 0 aromatic rings. The van der Waals surface area contributed by atoms with Crippen LogP contribution in [0.5, 0.6) is 0 Å². The minimum atomic E-state index is -1.13. The molecule has 0 saturated heterocycles. The molecule has 86 valence electrons. The van der Waals surface area contributed by atoms with Crippen LogP contribution in [0.25, 0.3) is 0 Å². The van der Waals surface area contributed by atoms with Gasteiger partial charge in [0.2, 0.25) is 0 Å². The molecular formula is C8H14N2O5. The Labute approximate surface area is 87.0 Å². The third kappa shape index (κ3) is 4.84. The molecule has 0 aliphatic carbocycles. The lowest BCUT2D eigenvalue weighted by atomic mass is 10.3. The van der Waals surface area contributed by atoms with Gasteiger partial charge in [0.1, 0.15) is 12.6 Å². The Kier molecular flexibility index (Phi) is 5.14. The summed E-state index contributed by atoms with van der Waals surface area (Å²) in [6, 6.07) is -1.45. The Morgan fingerprint density at radius 1 is 1.47 bits per heavy atom. The van der Waals surface area contributed by atoms with Crippen molar-refractivity contribution in [3.8, 4) is 0 Å². The van der Waals surface area contributed by atoms with Crippen molar-refractivity contribution in [1.29, 1.82) is 0 Å². The van der Waals surface area contributed by atoms with E-state index in [2.05, 4.69) is 10.1 Å². The highest BCUT2D eigenvalue weighted by molar-refractivity contribution is 5.85. The molecule has 0 heterocycles. The number of carbonyl (C=O) groups is 3. The average molecular weight is 218 g/mol. The van der Waals surface area contributed by atoms with Crippen LogP contribution in [0.2, 0.25) is 0 Å². The predicted octanol–water partition coefficient (Wildman–Crippen LogP) is -0.726. The van der Waals surface area contributed by atoms with Crippen molar-refractivity contribution < 1.29 is 24.2 Å². The normalized spacial score (nSPS) is 11.4. The van der Waals surface area contributed by atoms with Crippen LogP contribution in [0, 0.1) is 0 Å². The van der Waals surface area contributed by atoms with E-state index >= 15 is 0 Å². The Balaban J connectivity index is 4.12. The highest BCUT2D eigenvalue weighted by Gasteiger charge is 2.19. The van der Waals surface area contributed by atoms with Gasteiger partial charge < -0.3 is 20.1 Å². The number of rotatable bonds is 4. The number of likely N-dealkylation sites (N-methyl/N-ethyl adjacent to an activating group) is 1. The number of ether oxygens (including phenoxy) is 1. The highest BCUT2D eigenvalue weighted by atomic mass is 16.5. The maximum absolute atomic E-state index is 11.3. The number of hydrogen-bond donors (Lipinski definition) is 2. The molecule has 2 N–H and O–H groups in total. The van der Waals surface area contributed by atoms with Gasteiger partial charge in [-0.1, -0.05) is 0 Å². The van der Waals surface area contributed by atoms with Gasteiger partial charge in [0, 0.05) is 7.05 Å². The summed E-state index contributed by atoms with van der Waals surface area (Å²) in [7, 11) is 2.51. The summed E-state index contributed by atoms with van der Waals surface area (Å²) in [6.07, 6.45) is 0. The first-order valence-corrected chi connectivity index (χ1v) is 4.19. The standard InChI is InChI=1S/C8H14N2O5/c1-5(7(13)15-3)9-8(14)10(2)4-6(11)12/h5H,4H2,1-3H3,(H,9,14)(H,11,12). The fourth-order valence-electron chi connectivity index (χ4n) is 0.806. The summed E-state index contributed by atoms with van der Waals surface area (Å²) < 4.78 is 4.39. The predicted molar refractivity (Wildman–Crippen MR) is 50.3 cm³/mol. The van der Waals surface area contributed by atoms with Crippen LogP contribution < -0.4 is 5.32 Å². The summed E-state index contributed by atoms with van der Waals surface area (Å²) in [4.78, 5) is 33.4. The third-order valence-electron chi connectivity index (χ3n) is 1.61. The average Bonchev–Trinajstić information content (AvgIpc) is 2.15. The van der Waals surface area contributed by atoms with Gasteiger partial charge in [-0.25, -0.2) is 9.59 Å². The van der Waals surface area contributed by atoms with Gasteiger partial charge in [-0.15, -0.1) is 0 Å². The lowest BCUT2D eigenvalue weighted by molar-refractivity contribution is -0.142. The lowest BCUT2D eigenvalue weighted by Crippen LogP contribution is -2.46. The summed E-state index contributed by atoms with van der Waals surface area (Å²) in [6.45, 7) is 1.01. The number of aliphatic carboxylic acids is 1. The van der Waals surface area contributed by atoms with Crippen molar-refractivity contribution >= 4 is 18.0 Å². The van der Waals surface area contributed by atoms with Crippen LogP contribution in [0.1, 0.15) is 6.92 Å². The van der Waals surface area contributed by atoms with Crippen molar-refractivity contribution in [2.45, 2.75) is 13.0 Å². The van der Waals surface area contributed by atoms with E-state index < -0.39 is 30.6 Å². The quantitative estimate of drug-likeness (QED) is 0.607. The van der Waals surface area contributed by atoms with Crippen molar-refractivity contribution in [3.63, 3.8) is 0 Å². The zero-order valence-electron chi connectivity index (χ0n) is 8.81. The second-order valence-corrected chi connectivity index (χ2v) is 2.94. The summed E-state index contributed by atoms with van der Waals surface area (Å²) in [5.41, 5.74) is 0. The number of carbonyl (C=O) groups excluding carboxylic acids is 2. The molecule has 1 unspecified atom stereocenters. The van der Waals surface area contributed by atoms with Gasteiger partial charge >= 0.3 is 18.0 Å². The topological polar surface area (TPSA) is 95.9 Å². The largest absolute Gasteiger partial charge is 0.480 e.